The van der Waals surface area contributed by atoms with E-state index in [4.69, 9.17) is 22.1 Å². The molecule has 1 aliphatic rings. The molecule has 0 aromatic heterocycles. The van der Waals surface area contributed by atoms with E-state index in [2.05, 4.69) is 22.5 Å². The zero-order valence-electron chi connectivity index (χ0n) is 12.8. The molecule has 1 atom stereocenters. The molecule has 5 N–H and O–H groups in total. The van der Waals surface area contributed by atoms with Crippen LogP contribution < -0.4 is 26.4 Å². The van der Waals surface area contributed by atoms with Crippen molar-refractivity contribution in [2.24, 2.45) is 5.73 Å². The maximum Gasteiger partial charge on any atom is 0.323 e. The Morgan fingerprint density at radius 2 is 2.21 bits per heavy atom. The first-order valence-electron chi connectivity index (χ1n) is 6.93. The molecule has 0 radical (unpaired) electrons. The van der Waals surface area contributed by atoms with Gasteiger partial charge in [0.1, 0.15) is 12.3 Å². The van der Waals surface area contributed by atoms with Crippen molar-refractivity contribution >= 4 is 23.5 Å². The summed E-state index contributed by atoms with van der Waals surface area (Å²) in [6.45, 7) is 5.20. The molecular weight excluding hydrogens is 339 g/mol. The molecule has 3 amide bonds. The Labute approximate surface area is 142 Å². The third-order valence-corrected chi connectivity index (χ3v) is 3.32. The van der Waals surface area contributed by atoms with Crippen molar-refractivity contribution in [3.63, 3.8) is 0 Å². The van der Waals surface area contributed by atoms with Gasteiger partial charge in [-0.15, -0.1) is 0 Å². The number of nitrogens with two attached hydrogens (primary N) is 1. The summed E-state index contributed by atoms with van der Waals surface area (Å²) < 4.78 is 18.9. The number of nitrogens with one attached hydrogen (secondary N) is 3. The zero-order chi connectivity index (χ0) is 17.9. The summed E-state index contributed by atoms with van der Waals surface area (Å²) in [6, 6.07) is 2.93. The summed E-state index contributed by atoms with van der Waals surface area (Å²) in [5, 5.41) is 7.49. The van der Waals surface area contributed by atoms with Gasteiger partial charge >= 0.3 is 6.03 Å². The second kappa shape index (κ2) is 7.22. The Morgan fingerprint density at radius 1 is 1.50 bits per heavy atom. The lowest BCUT2D eigenvalue weighted by atomic mass is 10.2. The highest BCUT2D eigenvalue weighted by Crippen LogP contribution is 2.21. The van der Waals surface area contributed by atoms with Crippen LogP contribution in [0, 0.1) is 5.82 Å². The molecule has 0 saturated carbocycles. The van der Waals surface area contributed by atoms with Gasteiger partial charge in [-0.1, -0.05) is 18.2 Å². The average Bonchev–Trinajstić information content (AvgIpc) is 2.49. The highest BCUT2D eigenvalue weighted by atomic mass is 35.5. The van der Waals surface area contributed by atoms with Crippen LogP contribution in [0.15, 0.2) is 41.9 Å². The highest BCUT2D eigenvalue weighted by molar-refractivity contribution is 6.30. The van der Waals surface area contributed by atoms with E-state index in [0.717, 1.165) is 6.07 Å². The average molecular weight is 355 g/mol. The molecule has 1 aliphatic heterocycles. The Kier molecular flexibility index (Phi) is 5.30. The Hall–Kier alpha value is -2.74. The molecule has 1 heterocycles. The number of rotatable bonds is 5. The monoisotopic (exact) mass is 354 g/mol. The lowest BCUT2D eigenvalue weighted by Crippen LogP contribution is -2.49. The van der Waals surface area contributed by atoms with Gasteiger partial charge in [-0.25, -0.2) is 9.18 Å². The quantitative estimate of drug-likeness (QED) is 0.640. The van der Waals surface area contributed by atoms with Crippen molar-refractivity contribution in [2.75, 3.05) is 6.61 Å². The largest absolute Gasteiger partial charge is 0.488 e. The van der Waals surface area contributed by atoms with Gasteiger partial charge in [0.15, 0.2) is 11.6 Å². The minimum atomic E-state index is -0.605. The van der Waals surface area contributed by atoms with Crippen LogP contribution in [0.2, 0.25) is 5.02 Å². The number of urea groups is 1. The van der Waals surface area contributed by atoms with E-state index in [1.54, 1.807) is 6.92 Å². The van der Waals surface area contributed by atoms with E-state index >= 15 is 0 Å². The maximum absolute atomic E-state index is 13.6. The van der Waals surface area contributed by atoms with Gasteiger partial charge < -0.3 is 26.4 Å². The van der Waals surface area contributed by atoms with Gasteiger partial charge in [0.25, 0.3) is 5.91 Å². The van der Waals surface area contributed by atoms with Crippen LogP contribution in [0.3, 0.4) is 0 Å². The molecule has 0 bridgehead atoms. The number of hydrogen-bond acceptors (Lipinski definition) is 4. The van der Waals surface area contributed by atoms with Crippen molar-refractivity contribution in [2.45, 2.75) is 13.0 Å². The standard InChI is InChI=1S/C15H16ClFN4O3/c1-7(6-24-11-4-3-9(16)5-10(11)17)19-14(22)13-12(18)8(2)20-15(23)21-13/h3-5,7H,2,6,18H2,1H3,(H,19,22)(H2,20,21,23)/t7-/m1/s1. The molecule has 0 saturated heterocycles. The van der Waals surface area contributed by atoms with Crippen molar-refractivity contribution in [1.29, 1.82) is 0 Å². The summed E-state index contributed by atoms with van der Waals surface area (Å²) in [6.07, 6.45) is 0. The summed E-state index contributed by atoms with van der Waals surface area (Å²) in [5.41, 5.74) is 5.77. The fourth-order valence-corrected chi connectivity index (χ4v) is 2.05. The van der Waals surface area contributed by atoms with Gasteiger partial charge in [-0.3, -0.25) is 4.79 Å². The number of amides is 3. The number of ether oxygens (including phenoxy) is 1. The smallest absolute Gasteiger partial charge is 0.323 e. The molecule has 1 aromatic carbocycles. The predicted octanol–water partition coefficient (Wildman–Crippen LogP) is 1.36. The maximum atomic E-state index is 13.6. The van der Waals surface area contributed by atoms with E-state index in [9.17, 15) is 14.0 Å². The topological polar surface area (TPSA) is 105 Å². The minimum Gasteiger partial charge on any atom is -0.488 e. The predicted molar refractivity (Wildman–Crippen MR) is 86.5 cm³/mol. The molecule has 1 aromatic rings. The van der Waals surface area contributed by atoms with Gasteiger partial charge in [-0.05, 0) is 25.1 Å². The van der Waals surface area contributed by atoms with Crippen LogP contribution in [0.5, 0.6) is 5.75 Å². The van der Waals surface area contributed by atoms with Crippen LogP contribution >= 0.6 is 11.6 Å². The molecule has 24 heavy (non-hydrogen) atoms. The molecule has 0 unspecified atom stereocenters. The van der Waals surface area contributed by atoms with Crippen LogP contribution in [0.1, 0.15) is 6.92 Å². The Morgan fingerprint density at radius 3 is 2.88 bits per heavy atom. The molecule has 0 spiro atoms. The van der Waals surface area contributed by atoms with Crippen LogP contribution in [0.25, 0.3) is 0 Å². The molecule has 128 valence electrons. The fraction of sp³-hybridized carbons (Fsp3) is 0.200. The SMILES string of the molecule is C=C1NC(=O)NC(C(=O)N[C@H](C)COc2ccc(Cl)cc2F)=C1N. The number of carbonyl (C=O) groups excluding carboxylic acids is 2. The summed E-state index contributed by atoms with van der Waals surface area (Å²) in [7, 11) is 0. The van der Waals surface area contributed by atoms with Crippen molar-refractivity contribution in [1.82, 2.24) is 16.0 Å². The summed E-state index contributed by atoms with van der Waals surface area (Å²) in [4.78, 5) is 23.5. The fourth-order valence-electron chi connectivity index (χ4n) is 1.89. The first-order chi connectivity index (χ1) is 11.3. The van der Waals surface area contributed by atoms with Crippen LogP contribution in [0.4, 0.5) is 9.18 Å². The first kappa shape index (κ1) is 17.6. The lowest BCUT2D eigenvalue weighted by molar-refractivity contribution is -0.118. The second-order valence-corrected chi connectivity index (χ2v) is 5.54. The minimum absolute atomic E-state index is 0.00458. The number of hydrogen-bond donors (Lipinski definition) is 4. The van der Waals surface area contributed by atoms with Crippen LogP contribution in [-0.4, -0.2) is 24.6 Å². The molecule has 0 aliphatic carbocycles. The molecule has 7 nitrogen and oxygen atoms in total. The van der Waals surface area contributed by atoms with Gasteiger partial charge in [0.2, 0.25) is 0 Å². The zero-order valence-corrected chi connectivity index (χ0v) is 13.5. The molecular formula is C15H16ClFN4O3. The lowest BCUT2D eigenvalue weighted by Gasteiger charge is -2.22. The first-order valence-corrected chi connectivity index (χ1v) is 7.31. The number of benzene rings is 1. The highest BCUT2D eigenvalue weighted by Gasteiger charge is 2.24. The van der Waals surface area contributed by atoms with Gasteiger partial charge in [0.05, 0.1) is 17.4 Å². The van der Waals surface area contributed by atoms with Crippen molar-refractivity contribution < 1.29 is 18.7 Å². The number of halogens is 2. The third kappa shape index (κ3) is 4.17. The van der Waals surface area contributed by atoms with E-state index in [0.29, 0.717) is 0 Å². The second-order valence-electron chi connectivity index (χ2n) is 5.11. The normalized spacial score (nSPS) is 15.5. The van der Waals surface area contributed by atoms with E-state index in [-0.39, 0.29) is 34.5 Å². The molecule has 0 fully saturated rings. The summed E-state index contributed by atoms with van der Waals surface area (Å²) in [5.74, 6) is -1.19. The summed E-state index contributed by atoms with van der Waals surface area (Å²) >= 11 is 5.66. The third-order valence-electron chi connectivity index (χ3n) is 3.08. The van der Waals surface area contributed by atoms with Crippen molar-refractivity contribution in [3.05, 3.63) is 52.7 Å². The molecule has 2 rings (SSSR count). The number of carbonyl (C=O) groups is 2. The van der Waals surface area contributed by atoms with E-state index < -0.39 is 23.8 Å². The van der Waals surface area contributed by atoms with Gasteiger partial charge in [-0.2, -0.15) is 0 Å². The Balaban J connectivity index is 1.95. The van der Waals surface area contributed by atoms with Crippen LogP contribution in [-0.2, 0) is 4.79 Å². The van der Waals surface area contributed by atoms with Gasteiger partial charge in [0, 0.05) is 5.02 Å². The molecule has 9 heteroatoms. The Bertz CT molecular complexity index is 735. The van der Waals surface area contributed by atoms with E-state index in [1.165, 1.54) is 12.1 Å². The van der Waals surface area contributed by atoms with Crippen molar-refractivity contribution in [3.8, 4) is 5.75 Å². The van der Waals surface area contributed by atoms with E-state index in [1.807, 2.05) is 0 Å².